The van der Waals surface area contributed by atoms with Gasteiger partial charge in [-0.05, 0) is 39.5 Å². The molecular formula is C20H11BrN2O. The van der Waals surface area contributed by atoms with Gasteiger partial charge in [0.15, 0.2) is 0 Å². The Kier molecular flexibility index (Phi) is 3.44. The van der Waals surface area contributed by atoms with Crippen LogP contribution in [0.15, 0.2) is 71.2 Å². The minimum atomic E-state index is -0.102. The van der Waals surface area contributed by atoms with Crippen LogP contribution in [-0.2, 0) is 0 Å². The van der Waals surface area contributed by atoms with Crippen molar-refractivity contribution in [2.24, 2.45) is 0 Å². The lowest BCUT2D eigenvalue weighted by Gasteiger charge is -2.09. The molecule has 0 fully saturated rings. The largest absolute Gasteiger partial charge is 0.304 e. The van der Waals surface area contributed by atoms with E-state index in [4.69, 9.17) is 0 Å². The summed E-state index contributed by atoms with van der Waals surface area (Å²) in [5.41, 5.74) is 3.19. The van der Waals surface area contributed by atoms with E-state index in [-0.39, 0.29) is 5.78 Å². The summed E-state index contributed by atoms with van der Waals surface area (Å²) in [6, 6.07) is 22.8. The molecule has 2 heterocycles. The molecular weight excluding hydrogens is 364 g/mol. The van der Waals surface area contributed by atoms with E-state index in [0.717, 1.165) is 20.9 Å². The molecule has 0 atom stereocenters. The molecule has 0 radical (unpaired) electrons. The van der Waals surface area contributed by atoms with E-state index in [1.165, 1.54) is 0 Å². The van der Waals surface area contributed by atoms with Crippen LogP contribution in [0.25, 0.3) is 16.4 Å². The average Bonchev–Trinajstić information content (AvgIpc) is 3.02. The van der Waals surface area contributed by atoms with Crippen LogP contribution < -0.4 is 0 Å². The Morgan fingerprint density at radius 2 is 1.71 bits per heavy atom. The van der Waals surface area contributed by atoms with E-state index < -0.39 is 0 Å². The highest BCUT2D eigenvalue weighted by molar-refractivity contribution is 9.10. The fourth-order valence-electron chi connectivity index (χ4n) is 3.00. The van der Waals surface area contributed by atoms with E-state index in [2.05, 4.69) is 22.0 Å². The summed E-state index contributed by atoms with van der Waals surface area (Å²) in [5.74, 6) is -0.102. The molecule has 114 valence electrons. The maximum Gasteiger partial charge on any atom is 0.209 e. The van der Waals surface area contributed by atoms with E-state index in [1.54, 1.807) is 18.2 Å². The Balaban J connectivity index is 2.13. The zero-order valence-corrected chi connectivity index (χ0v) is 14.1. The number of hydrogen-bond acceptors (Lipinski definition) is 2. The maximum absolute atomic E-state index is 13.0. The Labute approximate surface area is 146 Å². The van der Waals surface area contributed by atoms with Crippen molar-refractivity contribution >= 4 is 38.1 Å². The number of carbonyl (C=O) groups is 1. The van der Waals surface area contributed by atoms with Gasteiger partial charge in [-0.25, -0.2) is 0 Å². The van der Waals surface area contributed by atoms with Crippen LogP contribution >= 0.6 is 15.9 Å². The SMILES string of the molecule is N#Cc1cc(C(=O)c2ccccc2)n2c1c(Br)cc1ccccc12. The zero-order valence-electron chi connectivity index (χ0n) is 12.5. The summed E-state index contributed by atoms with van der Waals surface area (Å²) in [4.78, 5) is 13.0. The summed E-state index contributed by atoms with van der Waals surface area (Å²) in [7, 11) is 0. The van der Waals surface area contributed by atoms with Crippen LogP contribution in [-0.4, -0.2) is 10.2 Å². The number of rotatable bonds is 2. The minimum Gasteiger partial charge on any atom is -0.304 e. The first-order valence-corrected chi connectivity index (χ1v) is 8.22. The van der Waals surface area contributed by atoms with Crippen molar-refractivity contribution in [1.29, 1.82) is 5.26 Å². The molecule has 2 aromatic carbocycles. The van der Waals surface area contributed by atoms with E-state index in [1.807, 2.05) is 52.9 Å². The van der Waals surface area contributed by atoms with Crippen LogP contribution in [0, 0.1) is 11.3 Å². The molecule has 3 nitrogen and oxygen atoms in total. The van der Waals surface area contributed by atoms with E-state index in [9.17, 15) is 10.1 Å². The van der Waals surface area contributed by atoms with Crippen LogP contribution in [0.4, 0.5) is 0 Å². The number of para-hydroxylation sites is 1. The maximum atomic E-state index is 13.0. The quantitative estimate of drug-likeness (QED) is 0.465. The molecule has 0 N–H and O–H groups in total. The van der Waals surface area contributed by atoms with Gasteiger partial charge in [0.25, 0.3) is 0 Å². The molecule has 4 aromatic rings. The van der Waals surface area contributed by atoms with Crippen molar-refractivity contribution in [3.63, 3.8) is 0 Å². The Morgan fingerprint density at radius 3 is 2.46 bits per heavy atom. The van der Waals surface area contributed by atoms with Crippen molar-refractivity contribution in [2.75, 3.05) is 0 Å². The second-order valence-corrected chi connectivity index (χ2v) is 6.34. The fraction of sp³-hybridized carbons (Fsp3) is 0. The topological polar surface area (TPSA) is 45.3 Å². The Bertz CT molecular complexity index is 1140. The predicted molar refractivity (Wildman–Crippen MR) is 97.2 cm³/mol. The summed E-state index contributed by atoms with van der Waals surface area (Å²) >= 11 is 3.55. The summed E-state index contributed by atoms with van der Waals surface area (Å²) in [6.45, 7) is 0. The lowest BCUT2D eigenvalue weighted by atomic mass is 10.1. The van der Waals surface area contributed by atoms with Gasteiger partial charge in [-0.2, -0.15) is 5.26 Å². The highest BCUT2D eigenvalue weighted by Gasteiger charge is 2.20. The summed E-state index contributed by atoms with van der Waals surface area (Å²) < 4.78 is 2.66. The summed E-state index contributed by atoms with van der Waals surface area (Å²) in [5, 5.41) is 10.5. The second kappa shape index (κ2) is 5.63. The third kappa shape index (κ3) is 2.14. The van der Waals surface area contributed by atoms with Crippen molar-refractivity contribution < 1.29 is 4.79 Å². The molecule has 0 aliphatic heterocycles. The number of ketones is 1. The molecule has 2 aromatic heterocycles. The van der Waals surface area contributed by atoms with E-state index in [0.29, 0.717) is 16.8 Å². The highest BCUT2D eigenvalue weighted by Crippen LogP contribution is 2.31. The normalized spacial score (nSPS) is 10.8. The third-order valence-electron chi connectivity index (χ3n) is 4.08. The fourth-order valence-corrected chi connectivity index (χ4v) is 3.64. The molecule has 0 bridgehead atoms. The Morgan fingerprint density at radius 1 is 1.00 bits per heavy atom. The van der Waals surface area contributed by atoms with Gasteiger partial charge in [0, 0.05) is 10.0 Å². The van der Waals surface area contributed by atoms with Crippen molar-refractivity contribution in [1.82, 2.24) is 4.40 Å². The number of fused-ring (bicyclic) bond motifs is 3. The molecule has 0 aliphatic rings. The smallest absolute Gasteiger partial charge is 0.209 e. The average molecular weight is 375 g/mol. The van der Waals surface area contributed by atoms with Crippen molar-refractivity contribution in [3.05, 3.63) is 88.0 Å². The zero-order chi connectivity index (χ0) is 16.7. The van der Waals surface area contributed by atoms with Crippen molar-refractivity contribution in [3.8, 4) is 6.07 Å². The first-order chi connectivity index (χ1) is 11.7. The number of hydrogen-bond donors (Lipinski definition) is 0. The lowest BCUT2D eigenvalue weighted by Crippen LogP contribution is -2.05. The minimum absolute atomic E-state index is 0.102. The highest BCUT2D eigenvalue weighted by atomic mass is 79.9. The standard InChI is InChI=1S/C20H11BrN2O/c21-16-10-14-8-4-5-9-17(14)23-18(11-15(12-22)19(16)23)20(24)13-6-2-1-3-7-13/h1-11H. The molecule has 4 rings (SSSR count). The summed E-state index contributed by atoms with van der Waals surface area (Å²) in [6.07, 6.45) is 0. The molecule has 4 heteroatoms. The van der Waals surface area contributed by atoms with Gasteiger partial charge in [0.1, 0.15) is 6.07 Å². The Hall–Kier alpha value is -2.90. The van der Waals surface area contributed by atoms with Gasteiger partial charge in [-0.1, -0.05) is 48.5 Å². The monoisotopic (exact) mass is 374 g/mol. The van der Waals surface area contributed by atoms with Gasteiger partial charge in [-0.3, -0.25) is 4.79 Å². The van der Waals surface area contributed by atoms with Crippen LogP contribution in [0.5, 0.6) is 0 Å². The number of halogens is 1. The van der Waals surface area contributed by atoms with Gasteiger partial charge in [0.05, 0.1) is 22.3 Å². The molecule has 0 saturated heterocycles. The second-order valence-electron chi connectivity index (χ2n) is 5.49. The molecule has 0 aliphatic carbocycles. The van der Waals surface area contributed by atoms with E-state index >= 15 is 0 Å². The van der Waals surface area contributed by atoms with Crippen LogP contribution in [0.1, 0.15) is 21.6 Å². The van der Waals surface area contributed by atoms with Gasteiger partial charge in [-0.15, -0.1) is 0 Å². The molecule has 24 heavy (non-hydrogen) atoms. The number of benzene rings is 2. The number of nitrogens with zero attached hydrogens (tertiary/aromatic N) is 2. The van der Waals surface area contributed by atoms with Gasteiger partial charge >= 0.3 is 0 Å². The first-order valence-electron chi connectivity index (χ1n) is 7.43. The number of nitriles is 1. The van der Waals surface area contributed by atoms with Crippen LogP contribution in [0.3, 0.4) is 0 Å². The van der Waals surface area contributed by atoms with Gasteiger partial charge < -0.3 is 4.40 Å². The lowest BCUT2D eigenvalue weighted by molar-refractivity contribution is 0.103. The predicted octanol–water partition coefficient (Wildman–Crippen LogP) is 4.96. The van der Waals surface area contributed by atoms with Crippen molar-refractivity contribution in [2.45, 2.75) is 0 Å². The van der Waals surface area contributed by atoms with Crippen LogP contribution in [0.2, 0.25) is 0 Å². The molecule has 0 spiro atoms. The first kappa shape index (κ1) is 14.7. The third-order valence-corrected chi connectivity index (χ3v) is 4.68. The molecule has 0 unspecified atom stereocenters. The van der Waals surface area contributed by atoms with Gasteiger partial charge in [0.2, 0.25) is 5.78 Å². The molecule has 0 saturated carbocycles. The number of carbonyl (C=O) groups excluding carboxylic acids is 1. The number of aromatic nitrogens is 1. The molecule has 0 amide bonds. The number of pyridine rings is 1.